The van der Waals surface area contributed by atoms with Crippen LogP contribution in [-0.4, -0.2) is 24.9 Å². The van der Waals surface area contributed by atoms with Gasteiger partial charge in [0.15, 0.2) is 0 Å². The van der Waals surface area contributed by atoms with Crippen molar-refractivity contribution in [1.29, 1.82) is 0 Å². The van der Waals surface area contributed by atoms with Crippen LogP contribution in [0.1, 0.15) is 31.2 Å². The van der Waals surface area contributed by atoms with Crippen molar-refractivity contribution in [3.05, 3.63) is 28.8 Å². The lowest BCUT2D eigenvalue weighted by Crippen LogP contribution is -2.27. The molecule has 0 spiro atoms. The molecule has 19 heavy (non-hydrogen) atoms. The number of aliphatic hydroxyl groups is 1. The van der Waals surface area contributed by atoms with Crippen LogP contribution in [0.3, 0.4) is 0 Å². The summed E-state index contributed by atoms with van der Waals surface area (Å²) in [4.78, 5) is 0. The zero-order chi connectivity index (χ0) is 13.7. The second-order valence-electron chi connectivity index (χ2n) is 5.26. The van der Waals surface area contributed by atoms with E-state index < -0.39 is 0 Å². The minimum Gasteiger partial charge on any atom is -0.496 e. The Hall–Kier alpha value is -0.770. The zero-order valence-electron chi connectivity index (χ0n) is 11.4. The van der Waals surface area contributed by atoms with Crippen LogP contribution < -0.4 is 10.1 Å². The summed E-state index contributed by atoms with van der Waals surface area (Å²) in [6, 6.07) is 5.68. The van der Waals surface area contributed by atoms with Crippen molar-refractivity contribution >= 4 is 11.6 Å². The maximum atomic E-state index is 9.48. The predicted molar refractivity (Wildman–Crippen MR) is 77.7 cm³/mol. The van der Waals surface area contributed by atoms with Gasteiger partial charge in [0.05, 0.1) is 13.2 Å². The Morgan fingerprint density at radius 2 is 2.05 bits per heavy atom. The highest BCUT2D eigenvalue weighted by atomic mass is 35.5. The Balaban J connectivity index is 1.80. The van der Waals surface area contributed by atoms with E-state index in [2.05, 4.69) is 5.32 Å². The molecule has 0 aliphatic heterocycles. The van der Waals surface area contributed by atoms with E-state index in [9.17, 15) is 5.11 Å². The number of ether oxygens (including phenoxy) is 1. The van der Waals surface area contributed by atoms with Gasteiger partial charge in [-0.15, -0.1) is 0 Å². The van der Waals surface area contributed by atoms with Gasteiger partial charge in [-0.25, -0.2) is 0 Å². The molecule has 2 rings (SSSR count). The average molecular weight is 284 g/mol. The molecule has 1 fully saturated rings. The van der Waals surface area contributed by atoms with Crippen molar-refractivity contribution in [3.8, 4) is 5.75 Å². The molecule has 0 unspecified atom stereocenters. The molecule has 1 aliphatic carbocycles. The maximum absolute atomic E-state index is 9.48. The van der Waals surface area contributed by atoms with E-state index in [0.717, 1.165) is 55.1 Å². The molecule has 0 aromatic heterocycles. The van der Waals surface area contributed by atoms with Crippen LogP contribution >= 0.6 is 11.6 Å². The van der Waals surface area contributed by atoms with Crippen LogP contribution in [0.5, 0.6) is 5.75 Å². The Morgan fingerprint density at radius 3 is 2.74 bits per heavy atom. The first-order valence-electron chi connectivity index (χ1n) is 6.90. The normalized spacial score (nSPS) is 23.3. The summed E-state index contributed by atoms with van der Waals surface area (Å²) in [5.74, 6) is 1.55. The first-order valence-corrected chi connectivity index (χ1v) is 7.28. The van der Waals surface area contributed by atoms with Gasteiger partial charge in [-0.1, -0.05) is 11.6 Å². The van der Waals surface area contributed by atoms with Gasteiger partial charge in [0, 0.05) is 17.1 Å². The number of hydrogen-bond acceptors (Lipinski definition) is 3. The molecule has 0 atom stereocenters. The summed E-state index contributed by atoms with van der Waals surface area (Å²) in [5, 5.41) is 13.7. The number of benzene rings is 1. The van der Waals surface area contributed by atoms with Crippen LogP contribution in [-0.2, 0) is 6.54 Å². The second-order valence-corrected chi connectivity index (χ2v) is 5.70. The predicted octanol–water partition coefficient (Wildman–Crippen LogP) is 2.99. The van der Waals surface area contributed by atoms with Crippen molar-refractivity contribution in [1.82, 2.24) is 5.32 Å². The molecule has 1 aromatic rings. The summed E-state index contributed by atoms with van der Waals surface area (Å²) >= 11 is 6.01. The molecule has 0 heterocycles. The Labute approximate surface area is 119 Å². The third kappa shape index (κ3) is 4.37. The van der Waals surface area contributed by atoms with Crippen LogP contribution in [0.25, 0.3) is 0 Å². The van der Waals surface area contributed by atoms with E-state index in [0.29, 0.717) is 5.92 Å². The van der Waals surface area contributed by atoms with Gasteiger partial charge in [0.2, 0.25) is 0 Å². The molecule has 1 saturated carbocycles. The highest BCUT2D eigenvalue weighted by Gasteiger charge is 2.18. The fourth-order valence-corrected chi connectivity index (χ4v) is 2.84. The highest BCUT2D eigenvalue weighted by molar-refractivity contribution is 6.30. The maximum Gasteiger partial charge on any atom is 0.123 e. The van der Waals surface area contributed by atoms with Crippen LogP contribution in [0, 0.1) is 5.92 Å². The first-order chi connectivity index (χ1) is 9.19. The van der Waals surface area contributed by atoms with E-state index in [-0.39, 0.29) is 6.10 Å². The summed E-state index contributed by atoms with van der Waals surface area (Å²) < 4.78 is 5.33. The number of rotatable bonds is 5. The molecule has 0 amide bonds. The number of aliphatic hydroxyl groups excluding tert-OH is 1. The Kier molecular flexibility index (Phi) is 5.49. The minimum atomic E-state index is -0.0794. The largest absolute Gasteiger partial charge is 0.496 e. The van der Waals surface area contributed by atoms with Gasteiger partial charge in [0.1, 0.15) is 5.75 Å². The third-order valence-electron chi connectivity index (χ3n) is 3.81. The minimum absolute atomic E-state index is 0.0794. The molecule has 1 aromatic carbocycles. The van der Waals surface area contributed by atoms with Gasteiger partial charge < -0.3 is 15.2 Å². The molecule has 3 nitrogen and oxygen atoms in total. The SMILES string of the molecule is COc1ccc(Cl)cc1CNCC1CCC(O)CC1. The Bertz CT molecular complexity index is 403. The van der Waals surface area contributed by atoms with Crippen LogP contribution in [0.4, 0.5) is 0 Å². The van der Waals surface area contributed by atoms with Crippen molar-refractivity contribution < 1.29 is 9.84 Å². The lowest BCUT2D eigenvalue weighted by molar-refractivity contribution is 0.108. The third-order valence-corrected chi connectivity index (χ3v) is 4.04. The molecular formula is C15H22ClNO2. The standard InChI is InChI=1S/C15H22ClNO2/c1-19-15-7-4-13(16)8-12(15)10-17-9-11-2-5-14(18)6-3-11/h4,7-8,11,14,17-18H,2-3,5-6,9-10H2,1H3. The molecule has 0 radical (unpaired) electrons. The van der Waals surface area contributed by atoms with Crippen molar-refractivity contribution in [2.24, 2.45) is 5.92 Å². The molecule has 106 valence electrons. The Morgan fingerprint density at radius 1 is 1.32 bits per heavy atom. The molecule has 0 saturated heterocycles. The van der Waals surface area contributed by atoms with Crippen molar-refractivity contribution in [2.75, 3.05) is 13.7 Å². The van der Waals surface area contributed by atoms with Crippen molar-refractivity contribution in [2.45, 2.75) is 38.3 Å². The van der Waals surface area contributed by atoms with Crippen LogP contribution in [0.2, 0.25) is 5.02 Å². The molecule has 4 heteroatoms. The highest BCUT2D eigenvalue weighted by Crippen LogP contribution is 2.25. The van der Waals surface area contributed by atoms with Crippen LogP contribution in [0.15, 0.2) is 18.2 Å². The van der Waals surface area contributed by atoms with E-state index >= 15 is 0 Å². The van der Waals surface area contributed by atoms with Crippen molar-refractivity contribution in [3.63, 3.8) is 0 Å². The fourth-order valence-electron chi connectivity index (χ4n) is 2.65. The quantitative estimate of drug-likeness (QED) is 0.873. The molecule has 2 N–H and O–H groups in total. The average Bonchev–Trinajstić information content (AvgIpc) is 2.41. The van der Waals surface area contributed by atoms with E-state index in [1.165, 1.54) is 0 Å². The number of nitrogens with one attached hydrogen (secondary N) is 1. The molecular weight excluding hydrogens is 262 g/mol. The van der Waals surface area contributed by atoms with Gasteiger partial charge >= 0.3 is 0 Å². The summed E-state index contributed by atoms with van der Waals surface area (Å²) in [7, 11) is 1.68. The van der Waals surface area contributed by atoms with E-state index in [1.54, 1.807) is 7.11 Å². The number of methoxy groups -OCH3 is 1. The number of halogens is 1. The smallest absolute Gasteiger partial charge is 0.123 e. The number of hydrogen-bond donors (Lipinski definition) is 2. The molecule has 0 bridgehead atoms. The molecule has 1 aliphatic rings. The summed E-state index contributed by atoms with van der Waals surface area (Å²) in [6.45, 7) is 1.76. The topological polar surface area (TPSA) is 41.5 Å². The second kappa shape index (κ2) is 7.13. The van der Waals surface area contributed by atoms with E-state index in [4.69, 9.17) is 16.3 Å². The van der Waals surface area contributed by atoms with Gasteiger partial charge in [-0.3, -0.25) is 0 Å². The summed E-state index contributed by atoms with van der Waals surface area (Å²) in [6.07, 6.45) is 4.02. The lowest BCUT2D eigenvalue weighted by atomic mass is 9.87. The first kappa shape index (κ1) is 14.6. The zero-order valence-corrected chi connectivity index (χ0v) is 12.1. The van der Waals surface area contributed by atoms with Gasteiger partial charge in [-0.05, 0) is 56.3 Å². The fraction of sp³-hybridized carbons (Fsp3) is 0.600. The lowest BCUT2D eigenvalue weighted by Gasteiger charge is -2.25. The summed E-state index contributed by atoms with van der Waals surface area (Å²) in [5.41, 5.74) is 1.09. The van der Waals surface area contributed by atoms with Gasteiger partial charge in [0.25, 0.3) is 0 Å². The van der Waals surface area contributed by atoms with E-state index in [1.807, 2.05) is 18.2 Å². The van der Waals surface area contributed by atoms with Gasteiger partial charge in [-0.2, -0.15) is 0 Å². The monoisotopic (exact) mass is 283 g/mol.